The largest absolute Gasteiger partial charge is 0.346 e. The molecule has 1 aromatic carbocycles. The van der Waals surface area contributed by atoms with Crippen molar-refractivity contribution < 1.29 is 13.2 Å². The summed E-state index contributed by atoms with van der Waals surface area (Å²) in [4.78, 5) is 12.9. The van der Waals surface area contributed by atoms with Crippen molar-refractivity contribution in [2.24, 2.45) is 5.92 Å². The van der Waals surface area contributed by atoms with E-state index in [1.165, 1.54) is 10.6 Å². The van der Waals surface area contributed by atoms with Gasteiger partial charge in [-0.2, -0.15) is 0 Å². The van der Waals surface area contributed by atoms with Crippen LogP contribution in [0.4, 0.5) is 0 Å². The van der Waals surface area contributed by atoms with Gasteiger partial charge in [-0.1, -0.05) is 37.6 Å². The van der Waals surface area contributed by atoms with E-state index < -0.39 is 15.6 Å². The molecule has 1 heterocycles. The maximum atomic E-state index is 12.9. The number of nitrogens with one attached hydrogen (secondary N) is 1. The van der Waals surface area contributed by atoms with Crippen LogP contribution in [0, 0.1) is 5.92 Å². The van der Waals surface area contributed by atoms with Crippen molar-refractivity contribution in [3.63, 3.8) is 0 Å². The standard InChI is InChI=1S/C18H27ClN2O3S/c1-4-18(5-2,15-8-10-16(19)11-9-15)20-17(22)14-7-6-12-21(13-14)25(3,23)24/h8-11,14H,4-7,12-13H2,1-3H3,(H,20,22). The van der Waals surface area contributed by atoms with Gasteiger partial charge in [0.05, 0.1) is 17.7 Å². The Kier molecular flexibility index (Phi) is 6.51. The Morgan fingerprint density at radius 1 is 1.28 bits per heavy atom. The maximum Gasteiger partial charge on any atom is 0.225 e. The third kappa shape index (κ3) is 4.74. The van der Waals surface area contributed by atoms with Crippen LogP contribution in [0.15, 0.2) is 24.3 Å². The van der Waals surface area contributed by atoms with Crippen molar-refractivity contribution in [2.45, 2.75) is 45.1 Å². The molecular formula is C18H27ClN2O3S. The first kappa shape index (κ1) is 20.2. The quantitative estimate of drug-likeness (QED) is 0.816. The zero-order valence-corrected chi connectivity index (χ0v) is 16.7. The number of halogens is 1. The molecule has 1 fully saturated rings. The molecule has 1 aliphatic heterocycles. The normalized spacial score (nSPS) is 19.6. The molecule has 2 rings (SSSR count). The van der Waals surface area contributed by atoms with Gasteiger partial charge in [0.15, 0.2) is 0 Å². The lowest BCUT2D eigenvalue weighted by atomic mass is 9.83. The van der Waals surface area contributed by atoms with Gasteiger partial charge in [-0.15, -0.1) is 0 Å². The fourth-order valence-electron chi connectivity index (χ4n) is 3.47. The zero-order valence-electron chi connectivity index (χ0n) is 15.1. The van der Waals surface area contributed by atoms with Crippen LogP contribution in [0.3, 0.4) is 0 Å². The lowest BCUT2D eigenvalue weighted by Crippen LogP contribution is -2.51. The second-order valence-corrected chi connectivity index (χ2v) is 9.16. The minimum atomic E-state index is -3.27. The van der Waals surface area contributed by atoms with Gasteiger partial charge in [-0.3, -0.25) is 4.79 Å². The first-order chi connectivity index (χ1) is 11.7. The Morgan fingerprint density at radius 2 is 1.88 bits per heavy atom. The van der Waals surface area contributed by atoms with Crippen LogP contribution in [0.2, 0.25) is 5.02 Å². The average Bonchev–Trinajstić information content (AvgIpc) is 2.60. The average molecular weight is 387 g/mol. The van der Waals surface area contributed by atoms with Crippen molar-refractivity contribution in [1.82, 2.24) is 9.62 Å². The molecule has 140 valence electrons. The van der Waals surface area contributed by atoms with E-state index in [0.29, 0.717) is 24.4 Å². The van der Waals surface area contributed by atoms with Crippen LogP contribution < -0.4 is 5.32 Å². The Labute approximate surface area is 155 Å². The summed E-state index contributed by atoms with van der Waals surface area (Å²) in [6, 6.07) is 7.54. The van der Waals surface area contributed by atoms with E-state index in [4.69, 9.17) is 11.6 Å². The third-order valence-electron chi connectivity index (χ3n) is 5.19. The minimum absolute atomic E-state index is 0.0769. The van der Waals surface area contributed by atoms with Gasteiger partial charge >= 0.3 is 0 Å². The van der Waals surface area contributed by atoms with Crippen LogP contribution in [-0.2, 0) is 20.4 Å². The van der Waals surface area contributed by atoms with Crippen LogP contribution in [0.25, 0.3) is 0 Å². The summed E-state index contributed by atoms with van der Waals surface area (Å²) in [7, 11) is -3.27. The number of piperidine rings is 1. The predicted octanol–water partition coefficient (Wildman–Crippen LogP) is 3.14. The predicted molar refractivity (Wildman–Crippen MR) is 101 cm³/mol. The van der Waals surface area contributed by atoms with E-state index in [9.17, 15) is 13.2 Å². The number of carbonyl (C=O) groups is 1. The highest BCUT2D eigenvalue weighted by Crippen LogP contribution is 2.31. The van der Waals surface area contributed by atoms with Crippen molar-refractivity contribution in [3.05, 3.63) is 34.9 Å². The summed E-state index contributed by atoms with van der Waals surface area (Å²) in [5.41, 5.74) is 0.556. The van der Waals surface area contributed by atoms with Crippen LogP contribution in [0.5, 0.6) is 0 Å². The Balaban J connectivity index is 2.18. The molecular weight excluding hydrogens is 360 g/mol. The van der Waals surface area contributed by atoms with Gasteiger partial charge < -0.3 is 5.32 Å². The molecule has 7 heteroatoms. The van der Waals surface area contributed by atoms with Gasteiger partial charge in [0, 0.05) is 18.1 Å². The molecule has 0 aromatic heterocycles. The molecule has 1 amide bonds. The Bertz CT molecular complexity index is 700. The second-order valence-electron chi connectivity index (χ2n) is 6.75. The minimum Gasteiger partial charge on any atom is -0.346 e. The first-order valence-electron chi connectivity index (χ1n) is 8.75. The van der Waals surface area contributed by atoms with Crippen molar-refractivity contribution in [3.8, 4) is 0 Å². The number of carbonyl (C=O) groups excluding carboxylic acids is 1. The number of sulfonamides is 1. The molecule has 25 heavy (non-hydrogen) atoms. The Morgan fingerprint density at radius 3 is 2.40 bits per heavy atom. The monoisotopic (exact) mass is 386 g/mol. The third-order valence-corrected chi connectivity index (χ3v) is 6.71. The van der Waals surface area contributed by atoms with Gasteiger partial charge in [-0.05, 0) is 43.4 Å². The van der Waals surface area contributed by atoms with Gasteiger partial charge in [0.2, 0.25) is 15.9 Å². The smallest absolute Gasteiger partial charge is 0.225 e. The molecule has 1 atom stereocenters. The van der Waals surface area contributed by atoms with E-state index in [0.717, 1.165) is 18.4 Å². The lowest BCUT2D eigenvalue weighted by Gasteiger charge is -2.37. The molecule has 0 aliphatic carbocycles. The van der Waals surface area contributed by atoms with Crippen LogP contribution >= 0.6 is 11.6 Å². The van der Waals surface area contributed by atoms with Crippen molar-refractivity contribution in [1.29, 1.82) is 0 Å². The second kappa shape index (κ2) is 8.06. The van der Waals surface area contributed by atoms with Crippen LogP contribution in [-0.4, -0.2) is 38.0 Å². The summed E-state index contributed by atoms with van der Waals surface area (Å²) in [5.74, 6) is -0.389. The molecule has 0 radical (unpaired) electrons. The Hall–Kier alpha value is -1.11. The summed E-state index contributed by atoms with van der Waals surface area (Å²) in [6.07, 6.45) is 4.11. The summed E-state index contributed by atoms with van der Waals surface area (Å²) < 4.78 is 25.0. The molecule has 1 unspecified atom stereocenters. The number of benzene rings is 1. The van der Waals surface area contributed by atoms with E-state index in [2.05, 4.69) is 5.32 Å². The van der Waals surface area contributed by atoms with Gasteiger partial charge in [0.1, 0.15) is 0 Å². The molecule has 1 aliphatic rings. The highest BCUT2D eigenvalue weighted by molar-refractivity contribution is 7.88. The molecule has 5 nitrogen and oxygen atoms in total. The van der Waals surface area contributed by atoms with Crippen LogP contribution in [0.1, 0.15) is 45.1 Å². The molecule has 1 saturated heterocycles. The number of amides is 1. The van der Waals surface area contributed by atoms with Gasteiger partial charge in [0.25, 0.3) is 0 Å². The van der Waals surface area contributed by atoms with E-state index in [1.54, 1.807) is 0 Å². The molecule has 0 bridgehead atoms. The highest BCUT2D eigenvalue weighted by atomic mass is 35.5. The van der Waals surface area contributed by atoms with E-state index in [1.807, 2.05) is 38.1 Å². The summed E-state index contributed by atoms with van der Waals surface area (Å²) in [6.45, 7) is 4.84. The van der Waals surface area contributed by atoms with E-state index >= 15 is 0 Å². The fraction of sp³-hybridized carbons (Fsp3) is 0.611. The maximum absolute atomic E-state index is 12.9. The highest BCUT2D eigenvalue weighted by Gasteiger charge is 2.35. The number of hydrogen-bond acceptors (Lipinski definition) is 3. The first-order valence-corrected chi connectivity index (χ1v) is 11.0. The van der Waals surface area contributed by atoms with Gasteiger partial charge in [-0.25, -0.2) is 12.7 Å². The van der Waals surface area contributed by atoms with Crippen molar-refractivity contribution in [2.75, 3.05) is 19.3 Å². The molecule has 0 spiro atoms. The number of nitrogens with zero attached hydrogens (tertiary/aromatic N) is 1. The zero-order chi connectivity index (χ0) is 18.7. The molecule has 0 saturated carbocycles. The summed E-state index contributed by atoms with van der Waals surface area (Å²) in [5, 5.41) is 3.86. The SMILES string of the molecule is CCC(CC)(NC(=O)C1CCCN(S(C)(=O)=O)C1)c1ccc(Cl)cc1. The van der Waals surface area contributed by atoms with E-state index in [-0.39, 0.29) is 18.4 Å². The lowest BCUT2D eigenvalue weighted by molar-refractivity contribution is -0.128. The number of hydrogen-bond donors (Lipinski definition) is 1. The number of rotatable bonds is 6. The topological polar surface area (TPSA) is 66.5 Å². The summed E-state index contributed by atoms with van der Waals surface area (Å²) >= 11 is 5.98. The molecule has 1 N–H and O–H groups in total. The fourth-order valence-corrected chi connectivity index (χ4v) is 4.51. The van der Waals surface area contributed by atoms with Crippen molar-refractivity contribution >= 4 is 27.5 Å². The molecule has 1 aromatic rings.